The molecule has 0 aliphatic rings. The molecular weight excluding hydrogens is 268 g/mol. The Balaban J connectivity index is 2.19. The summed E-state index contributed by atoms with van der Waals surface area (Å²) in [5, 5.41) is 2.85. The van der Waals surface area contributed by atoms with E-state index in [1.54, 1.807) is 19.1 Å². The average molecular weight is 288 g/mol. The summed E-state index contributed by atoms with van der Waals surface area (Å²) >= 11 is 0. The molecule has 2 rings (SSSR count). The quantitative estimate of drug-likeness (QED) is 0.886. The highest BCUT2D eigenvalue weighted by Gasteiger charge is 2.14. The summed E-state index contributed by atoms with van der Waals surface area (Å²) < 4.78 is 10.9. The molecule has 21 heavy (non-hydrogen) atoms. The van der Waals surface area contributed by atoms with Gasteiger partial charge in [-0.05, 0) is 45.0 Å². The summed E-state index contributed by atoms with van der Waals surface area (Å²) in [6.45, 7) is 6.42. The van der Waals surface area contributed by atoms with E-state index >= 15 is 0 Å². The molecule has 0 saturated carbocycles. The number of anilines is 1. The van der Waals surface area contributed by atoms with E-state index in [1.807, 2.05) is 26.0 Å². The first-order valence-corrected chi connectivity index (χ1v) is 6.89. The standard InChI is InChI=1S/C16H20N2O3/c1-4-20-15-6-5-13(8-12(15)9-17)18-16(19)14-7-10(2)21-11(14)3/h5-8H,4,9,17H2,1-3H3,(H,18,19). The zero-order valence-electron chi connectivity index (χ0n) is 12.5. The predicted molar refractivity (Wildman–Crippen MR) is 81.6 cm³/mol. The summed E-state index contributed by atoms with van der Waals surface area (Å²) in [5.41, 5.74) is 7.79. The van der Waals surface area contributed by atoms with Crippen LogP contribution in [-0.4, -0.2) is 12.5 Å². The smallest absolute Gasteiger partial charge is 0.259 e. The van der Waals surface area contributed by atoms with Crippen molar-refractivity contribution in [1.29, 1.82) is 0 Å². The molecule has 1 amide bonds. The molecule has 0 fully saturated rings. The molecule has 0 spiro atoms. The molecule has 0 atom stereocenters. The number of aryl methyl sites for hydroxylation is 2. The Morgan fingerprint density at radius 1 is 1.33 bits per heavy atom. The third-order valence-electron chi connectivity index (χ3n) is 3.12. The minimum absolute atomic E-state index is 0.198. The number of hydrogen-bond donors (Lipinski definition) is 2. The van der Waals surface area contributed by atoms with Gasteiger partial charge in [-0.3, -0.25) is 4.79 Å². The predicted octanol–water partition coefficient (Wildman–Crippen LogP) is 3.01. The second-order valence-corrected chi connectivity index (χ2v) is 4.74. The molecule has 1 aromatic carbocycles. The fraction of sp³-hybridized carbons (Fsp3) is 0.312. The van der Waals surface area contributed by atoms with Gasteiger partial charge in [0.2, 0.25) is 0 Å². The van der Waals surface area contributed by atoms with Crippen LogP contribution in [0.5, 0.6) is 5.75 Å². The normalized spacial score (nSPS) is 10.5. The molecule has 5 heteroatoms. The number of carbonyl (C=O) groups excluding carboxylic acids is 1. The zero-order valence-corrected chi connectivity index (χ0v) is 12.5. The minimum atomic E-state index is -0.198. The van der Waals surface area contributed by atoms with Crippen molar-refractivity contribution < 1.29 is 13.9 Å². The van der Waals surface area contributed by atoms with Crippen molar-refractivity contribution >= 4 is 11.6 Å². The summed E-state index contributed by atoms with van der Waals surface area (Å²) in [5.74, 6) is 1.87. The van der Waals surface area contributed by atoms with E-state index in [9.17, 15) is 4.79 Å². The van der Waals surface area contributed by atoms with Gasteiger partial charge < -0.3 is 20.2 Å². The van der Waals surface area contributed by atoms with Crippen LogP contribution in [0.3, 0.4) is 0 Å². The van der Waals surface area contributed by atoms with Crippen molar-refractivity contribution in [3.05, 3.63) is 46.9 Å². The number of nitrogens with one attached hydrogen (secondary N) is 1. The third kappa shape index (κ3) is 3.44. The van der Waals surface area contributed by atoms with Crippen molar-refractivity contribution in [2.75, 3.05) is 11.9 Å². The number of carbonyl (C=O) groups is 1. The Morgan fingerprint density at radius 2 is 2.10 bits per heavy atom. The van der Waals surface area contributed by atoms with Crippen LogP contribution < -0.4 is 15.8 Å². The number of hydrogen-bond acceptors (Lipinski definition) is 4. The van der Waals surface area contributed by atoms with Crippen LogP contribution in [0.2, 0.25) is 0 Å². The molecule has 0 saturated heterocycles. The van der Waals surface area contributed by atoms with E-state index in [0.29, 0.717) is 35.9 Å². The van der Waals surface area contributed by atoms with Crippen LogP contribution in [0.15, 0.2) is 28.7 Å². The van der Waals surface area contributed by atoms with E-state index < -0.39 is 0 Å². The van der Waals surface area contributed by atoms with Gasteiger partial charge in [-0.2, -0.15) is 0 Å². The molecule has 0 unspecified atom stereocenters. The summed E-state index contributed by atoms with van der Waals surface area (Å²) in [4.78, 5) is 12.2. The highest BCUT2D eigenvalue weighted by Crippen LogP contribution is 2.23. The Bertz CT molecular complexity index is 647. The van der Waals surface area contributed by atoms with Crippen molar-refractivity contribution in [2.45, 2.75) is 27.3 Å². The highest BCUT2D eigenvalue weighted by molar-refractivity contribution is 6.05. The molecule has 0 bridgehead atoms. The van der Waals surface area contributed by atoms with Crippen molar-refractivity contribution in [1.82, 2.24) is 0 Å². The Labute approximate surface area is 124 Å². The van der Waals surface area contributed by atoms with Gasteiger partial charge in [-0.15, -0.1) is 0 Å². The molecule has 112 valence electrons. The lowest BCUT2D eigenvalue weighted by atomic mass is 10.1. The van der Waals surface area contributed by atoms with Crippen LogP contribution in [0, 0.1) is 13.8 Å². The Hall–Kier alpha value is -2.27. The zero-order chi connectivity index (χ0) is 15.4. The number of rotatable bonds is 5. The van der Waals surface area contributed by atoms with Gasteiger partial charge in [-0.25, -0.2) is 0 Å². The first kappa shape index (κ1) is 15.1. The maximum Gasteiger partial charge on any atom is 0.259 e. The van der Waals surface area contributed by atoms with Gasteiger partial charge in [-0.1, -0.05) is 0 Å². The molecule has 5 nitrogen and oxygen atoms in total. The van der Waals surface area contributed by atoms with Gasteiger partial charge in [0.25, 0.3) is 5.91 Å². The molecule has 1 aromatic heterocycles. The lowest BCUT2D eigenvalue weighted by Crippen LogP contribution is -2.13. The number of ether oxygens (including phenoxy) is 1. The van der Waals surface area contributed by atoms with Gasteiger partial charge in [0, 0.05) is 17.8 Å². The number of nitrogens with two attached hydrogens (primary N) is 1. The number of furan rings is 1. The lowest BCUT2D eigenvalue weighted by molar-refractivity contribution is 0.102. The SMILES string of the molecule is CCOc1ccc(NC(=O)c2cc(C)oc2C)cc1CN. The van der Waals surface area contributed by atoms with Gasteiger partial charge >= 0.3 is 0 Å². The minimum Gasteiger partial charge on any atom is -0.494 e. The second-order valence-electron chi connectivity index (χ2n) is 4.74. The maximum atomic E-state index is 12.2. The van der Waals surface area contributed by atoms with Crippen molar-refractivity contribution in [3.63, 3.8) is 0 Å². The molecule has 0 radical (unpaired) electrons. The highest BCUT2D eigenvalue weighted by atomic mass is 16.5. The topological polar surface area (TPSA) is 77.5 Å². The fourth-order valence-corrected chi connectivity index (χ4v) is 2.17. The summed E-state index contributed by atoms with van der Waals surface area (Å²) in [6.07, 6.45) is 0. The molecule has 3 N–H and O–H groups in total. The van der Waals surface area contributed by atoms with E-state index in [-0.39, 0.29) is 5.91 Å². The molecule has 1 heterocycles. The van der Waals surface area contributed by atoms with E-state index in [4.69, 9.17) is 14.9 Å². The molecule has 0 aliphatic carbocycles. The van der Waals surface area contributed by atoms with Crippen LogP contribution >= 0.6 is 0 Å². The van der Waals surface area contributed by atoms with E-state index in [2.05, 4.69) is 5.32 Å². The van der Waals surface area contributed by atoms with Crippen molar-refractivity contribution in [3.8, 4) is 5.75 Å². The largest absolute Gasteiger partial charge is 0.494 e. The number of benzene rings is 1. The summed E-state index contributed by atoms with van der Waals surface area (Å²) in [7, 11) is 0. The lowest BCUT2D eigenvalue weighted by Gasteiger charge is -2.11. The molecular formula is C16H20N2O3. The van der Waals surface area contributed by atoms with Crippen molar-refractivity contribution in [2.24, 2.45) is 5.73 Å². The van der Waals surface area contributed by atoms with Crippen LogP contribution in [0.25, 0.3) is 0 Å². The maximum absolute atomic E-state index is 12.2. The first-order chi connectivity index (χ1) is 10.0. The van der Waals surface area contributed by atoms with Gasteiger partial charge in [0.1, 0.15) is 17.3 Å². The fourth-order valence-electron chi connectivity index (χ4n) is 2.17. The van der Waals surface area contributed by atoms with Gasteiger partial charge in [0.15, 0.2) is 0 Å². The Morgan fingerprint density at radius 3 is 2.67 bits per heavy atom. The average Bonchev–Trinajstić information content (AvgIpc) is 2.79. The molecule has 0 aliphatic heterocycles. The molecule has 2 aromatic rings. The van der Waals surface area contributed by atoms with Crippen LogP contribution in [0.4, 0.5) is 5.69 Å². The Kier molecular flexibility index (Phi) is 4.65. The summed E-state index contributed by atoms with van der Waals surface area (Å²) in [6, 6.07) is 7.16. The van der Waals surface area contributed by atoms with E-state index in [0.717, 1.165) is 11.3 Å². The number of amides is 1. The monoisotopic (exact) mass is 288 g/mol. The third-order valence-corrected chi connectivity index (χ3v) is 3.12. The first-order valence-electron chi connectivity index (χ1n) is 6.89. The second kappa shape index (κ2) is 6.45. The van der Waals surface area contributed by atoms with Crippen LogP contribution in [-0.2, 0) is 6.54 Å². The van der Waals surface area contributed by atoms with Crippen LogP contribution in [0.1, 0.15) is 34.4 Å². The van der Waals surface area contributed by atoms with Gasteiger partial charge in [0.05, 0.1) is 12.2 Å². The van der Waals surface area contributed by atoms with E-state index in [1.165, 1.54) is 0 Å².